The zero-order chi connectivity index (χ0) is 14.8. The summed E-state index contributed by atoms with van der Waals surface area (Å²) in [5.74, 6) is 1.01. The van der Waals surface area contributed by atoms with Gasteiger partial charge in [-0.25, -0.2) is 0 Å². The molecule has 3 heterocycles. The molecule has 0 aromatic carbocycles. The van der Waals surface area contributed by atoms with Crippen LogP contribution in [0, 0.1) is 11.8 Å². The van der Waals surface area contributed by atoms with Crippen molar-refractivity contribution in [2.75, 3.05) is 32.8 Å². The molecular formula is C16H26N2O3. The van der Waals surface area contributed by atoms with Crippen LogP contribution in [0.4, 0.5) is 0 Å². The van der Waals surface area contributed by atoms with Gasteiger partial charge in [0.25, 0.3) is 0 Å². The first-order valence-corrected chi connectivity index (χ1v) is 8.34. The number of likely N-dealkylation sites (tertiary alicyclic amines) is 2. The smallest absolute Gasteiger partial charge is 0.323 e. The fourth-order valence-corrected chi connectivity index (χ4v) is 3.80. The maximum absolute atomic E-state index is 12.7. The Bertz CT molecular complexity index is 404. The number of cyclic esters (lactones) is 1. The molecule has 3 aliphatic heterocycles. The van der Waals surface area contributed by atoms with Crippen molar-refractivity contribution in [3.05, 3.63) is 0 Å². The van der Waals surface area contributed by atoms with Crippen molar-refractivity contribution in [2.24, 2.45) is 11.8 Å². The van der Waals surface area contributed by atoms with Gasteiger partial charge in [0.1, 0.15) is 6.04 Å². The Morgan fingerprint density at radius 1 is 1.14 bits per heavy atom. The van der Waals surface area contributed by atoms with Gasteiger partial charge < -0.3 is 9.64 Å². The number of esters is 1. The quantitative estimate of drug-likeness (QED) is 0.720. The number of amides is 1. The van der Waals surface area contributed by atoms with Crippen molar-refractivity contribution in [3.63, 3.8) is 0 Å². The number of hydrogen-bond acceptors (Lipinski definition) is 4. The van der Waals surface area contributed by atoms with Crippen molar-refractivity contribution < 1.29 is 14.3 Å². The second-order valence-corrected chi connectivity index (χ2v) is 6.81. The van der Waals surface area contributed by atoms with Crippen LogP contribution in [0.5, 0.6) is 0 Å². The average molecular weight is 294 g/mol. The van der Waals surface area contributed by atoms with Crippen LogP contribution in [0.2, 0.25) is 0 Å². The van der Waals surface area contributed by atoms with E-state index in [-0.39, 0.29) is 17.9 Å². The van der Waals surface area contributed by atoms with E-state index in [0.29, 0.717) is 12.5 Å². The molecule has 3 fully saturated rings. The fraction of sp³-hybridized carbons (Fsp3) is 0.875. The first-order valence-electron chi connectivity index (χ1n) is 8.34. The van der Waals surface area contributed by atoms with Gasteiger partial charge in [-0.15, -0.1) is 0 Å². The van der Waals surface area contributed by atoms with Gasteiger partial charge in [0.15, 0.2) is 0 Å². The van der Waals surface area contributed by atoms with Crippen LogP contribution < -0.4 is 0 Å². The van der Waals surface area contributed by atoms with E-state index in [4.69, 9.17) is 4.74 Å². The monoisotopic (exact) mass is 294 g/mol. The van der Waals surface area contributed by atoms with E-state index in [1.807, 2.05) is 4.90 Å². The molecule has 0 spiro atoms. The van der Waals surface area contributed by atoms with Crippen LogP contribution in [0.25, 0.3) is 0 Å². The number of rotatable bonds is 2. The van der Waals surface area contributed by atoms with E-state index in [1.165, 1.54) is 0 Å². The first-order chi connectivity index (χ1) is 10.1. The summed E-state index contributed by atoms with van der Waals surface area (Å²) < 4.78 is 5.07. The van der Waals surface area contributed by atoms with Crippen LogP contribution in [0.3, 0.4) is 0 Å². The standard InChI is InChI=1S/C16H26N2O3/c1-12-4-8-17(9-5-12)15(19)13-3-2-7-18(11-13)14-6-10-21-16(14)20/h12-14H,2-11H2,1H3/t13-,14-/m0/s1. The molecule has 5 heteroatoms. The minimum absolute atomic E-state index is 0.0700. The summed E-state index contributed by atoms with van der Waals surface area (Å²) in [5, 5.41) is 0. The fourth-order valence-electron chi connectivity index (χ4n) is 3.80. The predicted molar refractivity (Wildman–Crippen MR) is 78.6 cm³/mol. The highest BCUT2D eigenvalue weighted by molar-refractivity contribution is 5.80. The molecule has 0 radical (unpaired) electrons. The van der Waals surface area contributed by atoms with Crippen LogP contribution in [-0.4, -0.2) is 60.5 Å². The summed E-state index contributed by atoms with van der Waals surface area (Å²) >= 11 is 0. The molecule has 0 N–H and O–H groups in total. The van der Waals surface area contributed by atoms with Gasteiger partial charge in [-0.1, -0.05) is 6.92 Å². The van der Waals surface area contributed by atoms with E-state index in [2.05, 4.69) is 11.8 Å². The Labute approximate surface area is 126 Å². The number of nitrogens with zero attached hydrogens (tertiary/aromatic N) is 2. The molecule has 0 aliphatic carbocycles. The van der Waals surface area contributed by atoms with Crippen molar-refractivity contribution >= 4 is 11.9 Å². The lowest BCUT2D eigenvalue weighted by molar-refractivity contribution is -0.145. The van der Waals surface area contributed by atoms with Crippen molar-refractivity contribution in [1.82, 2.24) is 9.80 Å². The number of hydrogen-bond donors (Lipinski definition) is 0. The molecule has 2 atom stereocenters. The van der Waals surface area contributed by atoms with Crippen LogP contribution in [-0.2, 0) is 14.3 Å². The summed E-state index contributed by atoms with van der Waals surface area (Å²) in [4.78, 5) is 28.6. The number of carbonyl (C=O) groups excluding carboxylic acids is 2. The zero-order valence-corrected chi connectivity index (χ0v) is 12.9. The highest BCUT2D eigenvalue weighted by Gasteiger charge is 2.38. The zero-order valence-electron chi connectivity index (χ0n) is 12.9. The summed E-state index contributed by atoms with van der Waals surface area (Å²) in [6.45, 7) is 6.24. The van der Waals surface area contributed by atoms with Gasteiger partial charge >= 0.3 is 5.97 Å². The molecule has 0 saturated carbocycles. The third-order valence-electron chi connectivity index (χ3n) is 5.25. The summed E-state index contributed by atoms with van der Waals surface area (Å²) in [6.07, 6.45) is 4.99. The molecule has 3 rings (SSSR count). The van der Waals surface area contributed by atoms with Gasteiger partial charge in [-0.05, 0) is 38.1 Å². The second-order valence-electron chi connectivity index (χ2n) is 6.81. The highest BCUT2D eigenvalue weighted by Crippen LogP contribution is 2.26. The van der Waals surface area contributed by atoms with Gasteiger partial charge in [0, 0.05) is 26.1 Å². The van der Waals surface area contributed by atoms with E-state index >= 15 is 0 Å². The second kappa shape index (κ2) is 6.34. The Morgan fingerprint density at radius 3 is 2.57 bits per heavy atom. The highest BCUT2D eigenvalue weighted by atomic mass is 16.5. The summed E-state index contributed by atoms with van der Waals surface area (Å²) in [5.41, 5.74) is 0. The number of ether oxygens (including phenoxy) is 1. The SMILES string of the molecule is CC1CCN(C(=O)[C@H]2CCCN([C@H]3CCOC3=O)C2)CC1. The molecule has 21 heavy (non-hydrogen) atoms. The average Bonchev–Trinajstić information content (AvgIpc) is 2.94. The predicted octanol–water partition coefficient (Wildman–Crippen LogP) is 1.27. The van der Waals surface area contributed by atoms with Gasteiger partial charge in [0.05, 0.1) is 12.5 Å². The Kier molecular flexibility index (Phi) is 4.48. The molecule has 118 valence electrons. The van der Waals surface area contributed by atoms with Gasteiger partial charge in [-0.2, -0.15) is 0 Å². The van der Waals surface area contributed by atoms with E-state index in [1.54, 1.807) is 0 Å². The molecule has 1 amide bonds. The first kappa shape index (κ1) is 14.8. The third kappa shape index (κ3) is 3.23. The lowest BCUT2D eigenvalue weighted by Crippen LogP contribution is -2.50. The van der Waals surface area contributed by atoms with Gasteiger partial charge in [-0.3, -0.25) is 14.5 Å². The van der Waals surface area contributed by atoms with E-state index in [0.717, 1.165) is 64.2 Å². The summed E-state index contributed by atoms with van der Waals surface area (Å²) in [6, 6.07) is -0.109. The largest absolute Gasteiger partial charge is 0.464 e. The number of piperidine rings is 2. The molecule has 3 aliphatic rings. The maximum atomic E-state index is 12.7. The summed E-state index contributed by atoms with van der Waals surface area (Å²) in [7, 11) is 0. The van der Waals surface area contributed by atoms with Crippen molar-refractivity contribution in [1.29, 1.82) is 0 Å². The molecular weight excluding hydrogens is 268 g/mol. The molecule has 0 bridgehead atoms. The van der Waals surface area contributed by atoms with Crippen LogP contribution in [0.1, 0.15) is 39.0 Å². The minimum atomic E-state index is -0.109. The van der Waals surface area contributed by atoms with Crippen LogP contribution >= 0.6 is 0 Å². The minimum Gasteiger partial charge on any atom is -0.464 e. The lowest BCUT2D eigenvalue weighted by Gasteiger charge is -2.38. The van der Waals surface area contributed by atoms with Crippen molar-refractivity contribution in [2.45, 2.75) is 45.1 Å². The Morgan fingerprint density at radius 2 is 1.90 bits per heavy atom. The molecule has 0 aromatic heterocycles. The topological polar surface area (TPSA) is 49.9 Å². The lowest BCUT2D eigenvalue weighted by atomic mass is 9.92. The third-order valence-corrected chi connectivity index (χ3v) is 5.25. The normalized spacial score (nSPS) is 32.2. The van der Waals surface area contributed by atoms with E-state index in [9.17, 15) is 9.59 Å². The van der Waals surface area contributed by atoms with Crippen molar-refractivity contribution in [3.8, 4) is 0 Å². The molecule has 3 saturated heterocycles. The Hall–Kier alpha value is -1.10. The number of carbonyl (C=O) groups is 2. The molecule has 0 unspecified atom stereocenters. The van der Waals surface area contributed by atoms with E-state index < -0.39 is 0 Å². The van der Waals surface area contributed by atoms with Crippen LogP contribution in [0.15, 0.2) is 0 Å². The maximum Gasteiger partial charge on any atom is 0.323 e. The molecule has 0 aromatic rings. The van der Waals surface area contributed by atoms with Gasteiger partial charge in [0.2, 0.25) is 5.91 Å². The molecule has 5 nitrogen and oxygen atoms in total. The Balaban J connectivity index is 1.57.